The maximum Gasteiger partial charge on any atom is 0.126 e. The first-order chi connectivity index (χ1) is 9.68. The molecule has 2 unspecified atom stereocenters. The molecule has 1 nitrogen and oxygen atoms in total. The maximum absolute atomic E-state index is 14.1. The zero-order valence-corrected chi connectivity index (χ0v) is 12.9. The summed E-state index contributed by atoms with van der Waals surface area (Å²) in [6.07, 6.45) is 6.18. The Labute approximate surface area is 123 Å². The average molecular weight is 277 g/mol. The lowest BCUT2D eigenvalue weighted by atomic mass is 9.82. The summed E-state index contributed by atoms with van der Waals surface area (Å²) >= 11 is 0. The molecule has 0 radical (unpaired) electrons. The van der Waals surface area contributed by atoms with Crippen LogP contribution < -0.4 is 5.32 Å². The van der Waals surface area contributed by atoms with E-state index in [0.717, 1.165) is 25.1 Å². The molecular weight excluding hydrogens is 249 g/mol. The van der Waals surface area contributed by atoms with E-state index in [1.807, 2.05) is 12.1 Å². The van der Waals surface area contributed by atoms with Crippen LogP contribution in [-0.2, 0) is 0 Å². The van der Waals surface area contributed by atoms with E-state index in [0.29, 0.717) is 17.8 Å². The fourth-order valence-corrected chi connectivity index (χ4v) is 3.37. The molecule has 2 rings (SSSR count). The van der Waals surface area contributed by atoms with E-state index < -0.39 is 0 Å². The van der Waals surface area contributed by atoms with Crippen molar-refractivity contribution in [3.05, 3.63) is 35.6 Å². The number of hydrogen-bond donors (Lipinski definition) is 1. The molecule has 0 heterocycles. The topological polar surface area (TPSA) is 12.0 Å². The molecule has 112 valence electrons. The van der Waals surface area contributed by atoms with Crippen molar-refractivity contribution in [1.82, 2.24) is 5.32 Å². The summed E-state index contributed by atoms with van der Waals surface area (Å²) in [6, 6.07) is 7.36. The van der Waals surface area contributed by atoms with Gasteiger partial charge in [-0.2, -0.15) is 0 Å². The highest BCUT2D eigenvalue weighted by atomic mass is 19.1. The second kappa shape index (κ2) is 7.78. The predicted octanol–water partition coefficient (Wildman–Crippen LogP) is 4.74. The number of rotatable bonds is 5. The van der Waals surface area contributed by atoms with Gasteiger partial charge >= 0.3 is 0 Å². The molecule has 1 aromatic carbocycles. The third-order valence-corrected chi connectivity index (χ3v) is 4.42. The second-order valence-electron chi connectivity index (χ2n) is 6.58. The highest BCUT2D eigenvalue weighted by Crippen LogP contribution is 2.37. The van der Waals surface area contributed by atoms with Crippen molar-refractivity contribution in [2.45, 2.75) is 51.9 Å². The van der Waals surface area contributed by atoms with Crippen LogP contribution in [0.3, 0.4) is 0 Å². The Kier molecular flexibility index (Phi) is 6.03. The molecule has 0 spiro atoms. The van der Waals surface area contributed by atoms with Gasteiger partial charge in [0.15, 0.2) is 0 Å². The van der Waals surface area contributed by atoms with E-state index in [2.05, 4.69) is 19.2 Å². The molecule has 0 bridgehead atoms. The first-order valence-corrected chi connectivity index (χ1v) is 8.13. The van der Waals surface area contributed by atoms with Crippen LogP contribution in [-0.4, -0.2) is 13.1 Å². The molecule has 0 amide bonds. The monoisotopic (exact) mass is 277 g/mol. The lowest BCUT2D eigenvalue weighted by Gasteiger charge is -2.26. The van der Waals surface area contributed by atoms with Gasteiger partial charge in [-0.15, -0.1) is 0 Å². The van der Waals surface area contributed by atoms with E-state index in [9.17, 15) is 4.39 Å². The lowest BCUT2D eigenvalue weighted by Crippen LogP contribution is -2.29. The third kappa shape index (κ3) is 4.31. The van der Waals surface area contributed by atoms with E-state index in [-0.39, 0.29) is 5.82 Å². The summed E-state index contributed by atoms with van der Waals surface area (Å²) in [7, 11) is 0. The second-order valence-corrected chi connectivity index (χ2v) is 6.58. The van der Waals surface area contributed by atoms with Crippen LogP contribution >= 0.6 is 0 Å². The molecular formula is C18H28FN. The van der Waals surface area contributed by atoms with E-state index in [1.165, 1.54) is 25.7 Å². The molecule has 2 atom stereocenters. The number of benzene rings is 1. The van der Waals surface area contributed by atoms with E-state index in [1.54, 1.807) is 12.1 Å². The highest BCUT2D eigenvalue weighted by molar-refractivity contribution is 5.23. The van der Waals surface area contributed by atoms with Gasteiger partial charge in [0.1, 0.15) is 5.82 Å². The third-order valence-electron chi connectivity index (χ3n) is 4.42. The van der Waals surface area contributed by atoms with Gasteiger partial charge in [-0.05, 0) is 55.3 Å². The Morgan fingerprint density at radius 1 is 1.15 bits per heavy atom. The maximum atomic E-state index is 14.1. The minimum atomic E-state index is -0.0201. The first-order valence-electron chi connectivity index (χ1n) is 8.13. The quantitative estimate of drug-likeness (QED) is 0.767. The normalized spacial score (nSPS) is 23.8. The van der Waals surface area contributed by atoms with E-state index >= 15 is 0 Å². The first kappa shape index (κ1) is 15.5. The Morgan fingerprint density at radius 3 is 2.65 bits per heavy atom. The Balaban J connectivity index is 2.07. The van der Waals surface area contributed by atoms with Gasteiger partial charge in [-0.25, -0.2) is 4.39 Å². The molecule has 1 aliphatic carbocycles. The summed E-state index contributed by atoms with van der Waals surface area (Å²) < 4.78 is 14.1. The minimum Gasteiger partial charge on any atom is -0.316 e. The fourth-order valence-electron chi connectivity index (χ4n) is 3.37. The zero-order valence-electron chi connectivity index (χ0n) is 12.9. The smallest absolute Gasteiger partial charge is 0.126 e. The van der Waals surface area contributed by atoms with Crippen molar-refractivity contribution >= 4 is 0 Å². The molecule has 20 heavy (non-hydrogen) atoms. The van der Waals surface area contributed by atoms with Gasteiger partial charge in [-0.1, -0.05) is 51.3 Å². The summed E-state index contributed by atoms with van der Waals surface area (Å²) in [4.78, 5) is 0. The van der Waals surface area contributed by atoms with Crippen molar-refractivity contribution in [1.29, 1.82) is 0 Å². The molecule has 1 aromatic rings. The SMILES string of the molecule is CC(C)CNCC1CCCCCC1c1ccccc1F. The van der Waals surface area contributed by atoms with Crippen LogP contribution in [0.15, 0.2) is 24.3 Å². The van der Waals surface area contributed by atoms with Gasteiger partial charge in [0.05, 0.1) is 0 Å². The minimum absolute atomic E-state index is 0.0201. The summed E-state index contributed by atoms with van der Waals surface area (Å²) in [5.41, 5.74) is 0.936. The van der Waals surface area contributed by atoms with Gasteiger partial charge in [0.2, 0.25) is 0 Å². The predicted molar refractivity (Wildman–Crippen MR) is 83.4 cm³/mol. The van der Waals surface area contributed by atoms with Crippen LogP contribution in [0.25, 0.3) is 0 Å². The average Bonchev–Trinajstić information content (AvgIpc) is 2.64. The number of hydrogen-bond acceptors (Lipinski definition) is 1. The molecule has 0 aromatic heterocycles. The Bertz CT molecular complexity index is 402. The standard InChI is InChI=1S/C18H28FN/c1-14(2)12-20-13-15-8-4-3-5-9-16(15)17-10-6-7-11-18(17)19/h6-7,10-11,14-16,20H,3-5,8-9,12-13H2,1-2H3. The molecule has 1 N–H and O–H groups in total. The molecule has 1 fully saturated rings. The lowest BCUT2D eigenvalue weighted by molar-refractivity contribution is 0.359. The van der Waals surface area contributed by atoms with Crippen LogP contribution in [0, 0.1) is 17.7 Å². The van der Waals surface area contributed by atoms with Crippen LogP contribution in [0.5, 0.6) is 0 Å². The fraction of sp³-hybridized carbons (Fsp3) is 0.667. The Hall–Kier alpha value is -0.890. The van der Waals surface area contributed by atoms with Crippen molar-refractivity contribution in [3.63, 3.8) is 0 Å². The molecule has 1 aliphatic rings. The van der Waals surface area contributed by atoms with Gasteiger partial charge in [0, 0.05) is 0 Å². The van der Waals surface area contributed by atoms with Gasteiger partial charge in [-0.3, -0.25) is 0 Å². The summed E-state index contributed by atoms with van der Waals surface area (Å²) in [6.45, 7) is 6.54. The Morgan fingerprint density at radius 2 is 1.90 bits per heavy atom. The van der Waals surface area contributed by atoms with Crippen molar-refractivity contribution in [3.8, 4) is 0 Å². The number of halogens is 1. The molecule has 1 saturated carbocycles. The van der Waals surface area contributed by atoms with Crippen molar-refractivity contribution < 1.29 is 4.39 Å². The van der Waals surface area contributed by atoms with Crippen LogP contribution in [0.2, 0.25) is 0 Å². The molecule has 0 saturated heterocycles. The van der Waals surface area contributed by atoms with Gasteiger partial charge < -0.3 is 5.32 Å². The van der Waals surface area contributed by atoms with Gasteiger partial charge in [0.25, 0.3) is 0 Å². The molecule has 0 aliphatic heterocycles. The van der Waals surface area contributed by atoms with Crippen LogP contribution in [0.4, 0.5) is 4.39 Å². The highest BCUT2D eigenvalue weighted by Gasteiger charge is 2.26. The zero-order chi connectivity index (χ0) is 14.4. The van der Waals surface area contributed by atoms with Crippen LogP contribution in [0.1, 0.15) is 57.4 Å². The number of nitrogens with one attached hydrogen (secondary N) is 1. The summed E-state index contributed by atoms with van der Waals surface area (Å²) in [5.74, 6) is 1.62. The summed E-state index contributed by atoms with van der Waals surface area (Å²) in [5, 5.41) is 3.58. The van der Waals surface area contributed by atoms with E-state index in [4.69, 9.17) is 0 Å². The molecule has 2 heteroatoms. The largest absolute Gasteiger partial charge is 0.316 e. The van der Waals surface area contributed by atoms with Crippen molar-refractivity contribution in [2.75, 3.05) is 13.1 Å². The van der Waals surface area contributed by atoms with Crippen molar-refractivity contribution in [2.24, 2.45) is 11.8 Å².